The zero-order valence-corrected chi connectivity index (χ0v) is 17.2. The van der Waals surface area contributed by atoms with Crippen LogP contribution in [0.15, 0.2) is 41.8 Å². The van der Waals surface area contributed by atoms with E-state index in [-0.39, 0.29) is 6.54 Å². The molecule has 148 valence electrons. The van der Waals surface area contributed by atoms with Crippen molar-refractivity contribution in [3.8, 4) is 5.82 Å². The molecule has 0 saturated heterocycles. The maximum Gasteiger partial charge on any atom is 0.240 e. The molecular formula is C19H24N6O2S. The monoisotopic (exact) mass is 400 g/mol. The molecule has 0 bridgehead atoms. The van der Waals surface area contributed by atoms with Crippen molar-refractivity contribution in [1.29, 1.82) is 0 Å². The quantitative estimate of drug-likeness (QED) is 0.590. The van der Waals surface area contributed by atoms with E-state index in [1.807, 2.05) is 37.5 Å². The van der Waals surface area contributed by atoms with Crippen LogP contribution in [0.4, 0.5) is 5.82 Å². The number of aromatic nitrogens is 4. The summed E-state index contributed by atoms with van der Waals surface area (Å²) in [6.07, 6.45) is 3.18. The Morgan fingerprint density at radius 3 is 2.50 bits per heavy atom. The van der Waals surface area contributed by atoms with Gasteiger partial charge in [0.1, 0.15) is 24.3 Å². The zero-order chi connectivity index (χ0) is 20.3. The summed E-state index contributed by atoms with van der Waals surface area (Å²) in [5, 5.41) is 3.12. The minimum Gasteiger partial charge on any atom is -0.369 e. The molecule has 1 aromatic carbocycles. The smallest absolute Gasteiger partial charge is 0.240 e. The molecule has 0 spiro atoms. The topological polar surface area (TPSA) is 102 Å². The summed E-state index contributed by atoms with van der Waals surface area (Å²) >= 11 is 0. The first kappa shape index (κ1) is 20.0. The van der Waals surface area contributed by atoms with Gasteiger partial charge in [-0.25, -0.2) is 28.1 Å². The standard InChI is InChI=1S/C19H24N6O2S/c1-13-5-6-14(2)17(9-13)28(26,27)24-8-7-20-18-10-19(22-11-21-18)25-12-23-15(3)16(25)4/h5-6,9-12,24H,7-8H2,1-4H3,(H,20,21,22). The predicted molar refractivity (Wildman–Crippen MR) is 108 cm³/mol. The summed E-state index contributed by atoms with van der Waals surface area (Å²) < 4.78 is 29.5. The molecule has 3 aromatic rings. The number of hydrogen-bond acceptors (Lipinski definition) is 6. The van der Waals surface area contributed by atoms with Gasteiger partial charge in [0.25, 0.3) is 0 Å². The van der Waals surface area contributed by atoms with Crippen molar-refractivity contribution < 1.29 is 8.42 Å². The van der Waals surface area contributed by atoms with Gasteiger partial charge < -0.3 is 5.32 Å². The van der Waals surface area contributed by atoms with Crippen LogP contribution >= 0.6 is 0 Å². The molecule has 2 aromatic heterocycles. The predicted octanol–water partition coefficient (Wildman–Crippen LogP) is 2.29. The SMILES string of the molecule is Cc1ccc(C)c(S(=O)(=O)NCCNc2cc(-n3cnc(C)c3C)ncn2)c1. The van der Waals surface area contributed by atoms with Crippen LogP contribution in [-0.2, 0) is 10.0 Å². The van der Waals surface area contributed by atoms with E-state index >= 15 is 0 Å². The lowest BCUT2D eigenvalue weighted by molar-refractivity contribution is 0.582. The molecule has 0 aliphatic rings. The Balaban J connectivity index is 1.62. The maximum atomic E-state index is 12.5. The molecule has 2 heterocycles. The van der Waals surface area contributed by atoms with Gasteiger partial charge in [-0.2, -0.15) is 0 Å². The van der Waals surface area contributed by atoms with Crippen LogP contribution < -0.4 is 10.0 Å². The second-order valence-corrected chi connectivity index (χ2v) is 8.38. The summed E-state index contributed by atoms with van der Waals surface area (Å²) in [7, 11) is -3.56. The van der Waals surface area contributed by atoms with Gasteiger partial charge in [0.05, 0.1) is 10.6 Å². The molecule has 2 N–H and O–H groups in total. The highest BCUT2D eigenvalue weighted by atomic mass is 32.2. The van der Waals surface area contributed by atoms with Crippen molar-refractivity contribution in [2.75, 3.05) is 18.4 Å². The van der Waals surface area contributed by atoms with Gasteiger partial charge >= 0.3 is 0 Å². The number of rotatable bonds is 7. The highest BCUT2D eigenvalue weighted by molar-refractivity contribution is 7.89. The highest BCUT2D eigenvalue weighted by Gasteiger charge is 2.16. The molecular weight excluding hydrogens is 376 g/mol. The van der Waals surface area contributed by atoms with E-state index in [0.29, 0.717) is 23.1 Å². The molecule has 0 atom stereocenters. The van der Waals surface area contributed by atoms with E-state index in [2.05, 4.69) is 25.0 Å². The van der Waals surface area contributed by atoms with E-state index in [0.717, 1.165) is 22.5 Å². The van der Waals surface area contributed by atoms with Crippen LogP contribution in [0.1, 0.15) is 22.5 Å². The molecule has 0 saturated carbocycles. The van der Waals surface area contributed by atoms with Crippen LogP contribution in [0, 0.1) is 27.7 Å². The van der Waals surface area contributed by atoms with Crippen molar-refractivity contribution >= 4 is 15.8 Å². The van der Waals surface area contributed by atoms with E-state index in [1.54, 1.807) is 25.4 Å². The van der Waals surface area contributed by atoms with Crippen LogP contribution in [-0.4, -0.2) is 41.0 Å². The Bertz CT molecular complexity index is 1090. The van der Waals surface area contributed by atoms with Gasteiger partial charge in [-0.05, 0) is 44.9 Å². The lowest BCUT2D eigenvalue weighted by atomic mass is 10.2. The molecule has 9 heteroatoms. The van der Waals surface area contributed by atoms with Crippen molar-refractivity contribution in [2.45, 2.75) is 32.6 Å². The largest absolute Gasteiger partial charge is 0.369 e. The maximum absolute atomic E-state index is 12.5. The molecule has 0 aliphatic heterocycles. The van der Waals surface area contributed by atoms with Gasteiger partial charge in [0.15, 0.2) is 0 Å². The fourth-order valence-electron chi connectivity index (χ4n) is 2.76. The number of anilines is 1. The first-order chi connectivity index (χ1) is 13.3. The fourth-order valence-corrected chi connectivity index (χ4v) is 4.11. The highest BCUT2D eigenvalue weighted by Crippen LogP contribution is 2.16. The third-order valence-corrected chi connectivity index (χ3v) is 6.11. The minimum atomic E-state index is -3.56. The number of sulfonamides is 1. The number of imidazole rings is 1. The van der Waals surface area contributed by atoms with Gasteiger partial charge in [-0.1, -0.05) is 12.1 Å². The summed E-state index contributed by atoms with van der Waals surface area (Å²) in [5.41, 5.74) is 3.57. The molecule has 28 heavy (non-hydrogen) atoms. The van der Waals surface area contributed by atoms with Crippen LogP contribution in [0.2, 0.25) is 0 Å². The van der Waals surface area contributed by atoms with Crippen molar-refractivity contribution in [3.63, 3.8) is 0 Å². The van der Waals surface area contributed by atoms with E-state index < -0.39 is 10.0 Å². The number of nitrogens with zero attached hydrogens (tertiary/aromatic N) is 4. The van der Waals surface area contributed by atoms with Gasteiger partial charge in [0.2, 0.25) is 10.0 Å². The van der Waals surface area contributed by atoms with Gasteiger partial charge in [-0.15, -0.1) is 0 Å². The summed E-state index contributed by atoms with van der Waals surface area (Å²) in [4.78, 5) is 13.0. The average Bonchev–Trinajstić information content (AvgIpc) is 3.00. The fraction of sp³-hybridized carbons (Fsp3) is 0.316. The number of aryl methyl sites for hydroxylation is 3. The Kier molecular flexibility index (Phi) is 5.76. The third kappa shape index (κ3) is 4.37. The third-order valence-electron chi connectivity index (χ3n) is 4.51. The Morgan fingerprint density at radius 1 is 1.00 bits per heavy atom. The molecule has 0 amide bonds. The van der Waals surface area contributed by atoms with Crippen molar-refractivity contribution in [3.05, 3.63) is 59.4 Å². The van der Waals surface area contributed by atoms with Gasteiger partial charge in [-0.3, -0.25) is 4.57 Å². The Hall–Kier alpha value is -2.78. The molecule has 3 rings (SSSR count). The van der Waals surface area contributed by atoms with Crippen LogP contribution in [0.25, 0.3) is 5.82 Å². The molecule has 0 aliphatic carbocycles. The number of hydrogen-bond donors (Lipinski definition) is 2. The normalized spacial score (nSPS) is 11.6. The van der Waals surface area contributed by atoms with Crippen LogP contribution in [0.5, 0.6) is 0 Å². The van der Waals surface area contributed by atoms with E-state index in [1.165, 1.54) is 6.33 Å². The lowest BCUT2D eigenvalue weighted by Crippen LogP contribution is -2.29. The average molecular weight is 401 g/mol. The van der Waals surface area contributed by atoms with Crippen LogP contribution in [0.3, 0.4) is 0 Å². The second kappa shape index (κ2) is 8.07. The first-order valence-electron chi connectivity index (χ1n) is 8.91. The molecule has 0 unspecified atom stereocenters. The number of benzene rings is 1. The number of nitrogens with one attached hydrogen (secondary N) is 2. The van der Waals surface area contributed by atoms with E-state index in [9.17, 15) is 8.42 Å². The van der Waals surface area contributed by atoms with Crippen molar-refractivity contribution in [1.82, 2.24) is 24.2 Å². The summed E-state index contributed by atoms with van der Waals surface area (Å²) in [5.74, 6) is 1.31. The lowest BCUT2D eigenvalue weighted by Gasteiger charge is -2.11. The molecule has 8 nitrogen and oxygen atoms in total. The van der Waals surface area contributed by atoms with E-state index in [4.69, 9.17) is 0 Å². The molecule has 0 radical (unpaired) electrons. The summed E-state index contributed by atoms with van der Waals surface area (Å²) in [6, 6.07) is 7.18. The second-order valence-electron chi connectivity index (χ2n) is 6.64. The minimum absolute atomic E-state index is 0.234. The molecule has 0 fully saturated rings. The Labute approximate surface area is 165 Å². The first-order valence-corrected chi connectivity index (χ1v) is 10.4. The summed E-state index contributed by atoms with van der Waals surface area (Å²) in [6.45, 7) is 8.19. The van der Waals surface area contributed by atoms with Crippen molar-refractivity contribution in [2.24, 2.45) is 0 Å². The van der Waals surface area contributed by atoms with Gasteiger partial charge in [0, 0.05) is 24.8 Å². The Morgan fingerprint density at radius 2 is 1.79 bits per heavy atom. The zero-order valence-electron chi connectivity index (χ0n) is 16.4.